The molecule has 2 aromatic carbocycles. The topological polar surface area (TPSA) is 45.0 Å². The molecule has 0 radical (unpaired) electrons. The lowest BCUT2D eigenvalue weighted by Gasteiger charge is -2.28. The highest BCUT2D eigenvalue weighted by Crippen LogP contribution is 2.44. The monoisotopic (exact) mass is 298 g/mol. The first kappa shape index (κ1) is 13.8. The van der Waals surface area contributed by atoms with Gasteiger partial charge in [0.05, 0.1) is 16.6 Å². The van der Waals surface area contributed by atoms with Crippen LogP contribution in [0.5, 0.6) is 5.75 Å². The first-order chi connectivity index (χ1) is 10.0. The second-order valence-corrected chi connectivity index (χ2v) is 6.03. The molecule has 0 saturated carbocycles. The van der Waals surface area contributed by atoms with Gasteiger partial charge in [0, 0.05) is 11.3 Å². The second kappa shape index (κ2) is 4.98. The van der Waals surface area contributed by atoms with Gasteiger partial charge in [-0.15, -0.1) is 0 Å². The average Bonchev–Trinajstić information content (AvgIpc) is 2.70. The van der Waals surface area contributed by atoms with Crippen molar-refractivity contribution in [3.8, 4) is 11.8 Å². The van der Waals surface area contributed by atoms with Crippen LogP contribution in [0.1, 0.15) is 31.0 Å². The Balaban J connectivity index is 1.94. The fourth-order valence-corrected chi connectivity index (χ4v) is 2.87. The zero-order valence-corrected chi connectivity index (χ0v) is 12.6. The first-order valence-electron chi connectivity index (χ1n) is 6.75. The van der Waals surface area contributed by atoms with E-state index in [2.05, 4.69) is 31.3 Å². The summed E-state index contributed by atoms with van der Waals surface area (Å²) in [4.78, 5) is 0. The van der Waals surface area contributed by atoms with E-state index >= 15 is 0 Å². The van der Waals surface area contributed by atoms with Crippen LogP contribution >= 0.6 is 11.6 Å². The number of benzene rings is 2. The molecule has 1 N–H and O–H groups in total. The number of hydrogen-bond acceptors (Lipinski definition) is 3. The molecular weight excluding hydrogens is 284 g/mol. The molecule has 1 atom stereocenters. The van der Waals surface area contributed by atoms with E-state index in [9.17, 15) is 0 Å². The molecule has 1 aliphatic rings. The van der Waals surface area contributed by atoms with Gasteiger partial charge in [-0.1, -0.05) is 29.8 Å². The molecule has 2 aromatic rings. The summed E-state index contributed by atoms with van der Waals surface area (Å²) in [6.45, 7) is 4.10. The third kappa shape index (κ3) is 2.43. The summed E-state index contributed by atoms with van der Waals surface area (Å²) in [6, 6.07) is 15.5. The molecule has 0 fully saturated rings. The Morgan fingerprint density at radius 2 is 2.00 bits per heavy atom. The third-order valence-electron chi connectivity index (χ3n) is 3.70. The minimum atomic E-state index is -0.357. The van der Waals surface area contributed by atoms with Gasteiger partial charge in [-0.25, -0.2) is 0 Å². The van der Waals surface area contributed by atoms with Gasteiger partial charge in [0.15, 0.2) is 0 Å². The maximum Gasteiger partial charge on any atom is 0.128 e. The number of fused-ring (bicyclic) bond motifs is 1. The Morgan fingerprint density at radius 1 is 1.24 bits per heavy atom. The fourth-order valence-electron chi connectivity index (χ4n) is 2.64. The maximum absolute atomic E-state index is 8.93. The highest BCUT2D eigenvalue weighted by atomic mass is 35.5. The van der Waals surface area contributed by atoms with Crippen LogP contribution in [0.4, 0.5) is 5.69 Å². The van der Waals surface area contributed by atoms with Crippen molar-refractivity contribution in [1.82, 2.24) is 0 Å². The molecule has 0 amide bonds. The van der Waals surface area contributed by atoms with Crippen LogP contribution in [0, 0.1) is 11.3 Å². The van der Waals surface area contributed by atoms with E-state index < -0.39 is 0 Å². The summed E-state index contributed by atoms with van der Waals surface area (Å²) in [5, 5.41) is 12.8. The van der Waals surface area contributed by atoms with Crippen molar-refractivity contribution in [3.63, 3.8) is 0 Å². The van der Waals surface area contributed by atoms with Crippen LogP contribution in [0.2, 0.25) is 5.02 Å². The van der Waals surface area contributed by atoms with Crippen LogP contribution in [0.15, 0.2) is 42.5 Å². The number of para-hydroxylation sites is 1. The Bertz CT molecular complexity index is 734. The van der Waals surface area contributed by atoms with Crippen LogP contribution < -0.4 is 10.1 Å². The molecule has 0 spiro atoms. The van der Waals surface area contributed by atoms with E-state index in [1.165, 1.54) is 0 Å². The lowest BCUT2D eigenvalue weighted by Crippen LogP contribution is -2.34. The summed E-state index contributed by atoms with van der Waals surface area (Å²) >= 11 is 6.09. The number of anilines is 1. The molecule has 1 heterocycles. The predicted octanol–water partition coefficient (Wildman–Crippen LogP) is 4.54. The lowest BCUT2D eigenvalue weighted by atomic mass is 9.94. The van der Waals surface area contributed by atoms with Gasteiger partial charge < -0.3 is 10.1 Å². The molecular formula is C17H15ClN2O. The largest absolute Gasteiger partial charge is 0.485 e. The van der Waals surface area contributed by atoms with E-state index in [0.717, 1.165) is 17.0 Å². The SMILES string of the molecule is CC1(C)Oc2ccccc2C1Nc1ccc(C#N)c(Cl)c1. The Labute approximate surface area is 129 Å². The van der Waals surface area contributed by atoms with Gasteiger partial charge >= 0.3 is 0 Å². The molecule has 1 unspecified atom stereocenters. The minimum Gasteiger partial charge on any atom is -0.485 e. The zero-order valence-electron chi connectivity index (χ0n) is 11.9. The van der Waals surface area contributed by atoms with Crippen LogP contribution in [-0.2, 0) is 0 Å². The van der Waals surface area contributed by atoms with Crippen molar-refractivity contribution in [2.24, 2.45) is 0 Å². The van der Waals surface area contributed by atoms with E-state index in [1.807, 2.05) is 24.3 Å². The van der Waals surface area contributed by atoms with Crippen molar-refractivity contribution in [1.29, 1.82) is 5.26 Å². The standard InChI is InChI=1S/C17H15ClN2O/c1-17(2)16(13-5-3-4-6-15(13)21-17)20-12-8-7-11(10-19)14(18)9-12/h3-9,16,20H,1-2H3. The number of ether oxygens (including phenoxy) is 1. The summed E-state index contributed by atoms with van der Waals surface area (Å²) in [5.41, 5.74) is 2.12. The average molecular weight is 299 g/mol. The first-order valence-corrected chi connectivity index (χ1v) is 7.13. The van der Waals surface area contributed by atoms with Crippen molar-refractivity contribution in [2.45, 2.75) is 25.5 Å². The number of nitrogens with one attached hydrogen (secondary N) is 1. The molecule has 1 aliphatic heterocycles. The molecule has 0 saturated heterocycles. The summed E-state index contributed by atoms with van der Waals surface area (Å²) in [6.07, 6.45) is 0. The minimum absolute atomic E-state index is 0.0257. The highest BCUT2D eigenvalue weighted by Gasteiger charge is 2.40. The van der Waals surface area contributed by atoms with Crippen molar-refractivity contribution in [3.05, 3.63) is 58.6 Å². The van der Waals surface area contributed by atoms with Crippen molar-refractivity contribution < 1.29 is 4.74 Å². The summed E-state index contributed by atoms with van der Waals surface area (Å²) in [5.74, 6) is 0.903. The maximum atomic E-state index is 8.93. The Kier molecular flexibility index (Phi) is 3.27. The molecule has 0 aromatic heterocycles. The number of nitriles is 1. The molecule has 4 heteroatoms. The summed E-state index contributed by atoms with van der Waals surface area (Å²) in [7, 11) is 0. The number of halogens is 1. The molecule has 0 bridgehead atoms. The number of hydrogen-bond donors (Lipinski definition) is 1. The predicted molar refractivity (Wildman–Crippen MR) is 83.7 cm³/mol. The second-order valence-electron chi connectivity index (χ2n) is 5.63. The van der Waals surface area contributed by atoms with E-state index in [-0.39, 0.29) is 11.6 Å². The smallest absolute Gasteiger partial charge is 0.128 e. The highest BCUT2D eigenvalue weighted by molar-refractivity contribution is 6.32. The molecule has 3 rings (SSSR count). The van der Waals surface area contributed by atoms with Crippen molar-refractivity contribution in [2.75, 3.05) is 5.32 Å². The van der Waals surface area contributed by atoms with E-state index in [4.69, 9.17) is 21.6 Å². The van der Waals surface area contributed by atoms with Gasteiger partial charge in [-0.3, -0.25) is 0 Å². The third-order valence-corrected chi connectivity index (χ3v) is 4.01. The van der Waals surface area contributed by atoms with Crippen molar-refractivity contribution >= 4 is 17.3 Å². The van der Waals surface area contributed by atoms with Crippen LogP contribution in [0.25, 0.3) is 0 Å². The quantitative estimate of drug-likeness (QED) is 0.885. The van der Waals surface area contributed by atoms with E-state index in [1.54, 1.807) is 12.1 Å². The fraction of sp³-hybridized carbons (Fsp3) is 0.235. The molecule has 3 nitrogen and oxygen atoms in total. The van der Waals surface area contributed by atoms with Gasteiger partial charge in [-0.2, -0.15) is 5.26 Å². The molecule has 21 heavy (non-hydrogen) atoms. The van der Waals surface area contributed by atoms with Crippen LogP contribution in [-0.4, -0.2) is 5.60 Å². The molecule has 0 aliphatic carbocycles. The van der Waals surface area contributed by atoms with Gasteiger partial charge in [0.1, 0.15) is 17.4 Å². The number of nitrogens with zero attached hydrogens (tertiary/aromatic N) is 1. The van der Waals surface area contributed by atoms with Gasteiger partial charge in [-0.05, 0) is 38.1 Å². The lowest BCUT2D eigenvalue weighted by molar-refractivity contribution is 0.118. The Morgan fingerprint density at radius 3 is 2.71 bits per heavy atom. The summed E-state index contributed by atoms with van der Waals surface area (Å²) < 4.78 is 6.01. The normalized spacial score (nSPS) is 18.5. The van der Waals surface area contributed by atoms with Crippen LogP contribution in [0.3, 0.4) is 0 Å². The van der Waals surface area contributed by atoms with Gasteiger partial charge in [0.2, 0.25) is 0 Å². The van der Waals surface area contributed by atoms with Gasteiger partial charge in [0.25, 0.3) is 0 Å². The number of rotatable bonds is 2. The Hall–Kier alpha value is -2.18. The zero-order chi connectivity index (χ0) is 15.0. The molecule has 106 valence electrons. The van der Waals surface area contributed by atoms with E-state index in [0.29, 0.717) is 10.6 Å².